The standard InChI is InChI=1S/C18H35NO6/c1-17(2)22-10-15(11-23-17)8-20-6-14(5-19)7-21-9-16-12-24-18(3,4)25-13-16/h14-16H,5-13,19H2,1-4H3. The minimum Gasteiger partial charge on any atom is -0.381 e. The number of ether oxygens (including phenoxy) is 6. The van der Waals surface area contributed by atoms with Gasteiger partial charge in [-0.1, -0.05) is 0 Å². The van der Waals surface area contributed by atoms with Crippen LogP contribution in [0.3, 0.4) is 0 Å². The Morgan fingerprint density at radius 3 is 1.48 bits per heavy atom. The normalized spacial score (nSPS) is 24.7. The quantitative estimate of drug-likeness (QED) is 0.665. The smallest absolute Gasteiger partial charge is 0.162 e. The van der Waals surface area contributed by atoms with Crippen molar-refractivity contribution in [3.05, 3.63) is 0 Å². The molecule has 0 radical (unpaired) electrons. The van der Waals surface area contributed by atoms with E-state index in [-0.39, 0.29) is 17.8 Å². The van der Waals surface area contributed by atoms with Crippen LogP contribution < -0.4 is 5.73 Å². The van der Waals surface area contributed by atoms with Crippen molar-refractivity contribution in [2.24, 2.45) is 23.5 Å². The topological polar surface area (TPSA) is 81.4 Å². The highest BCUT2D eigenvalue weighted by molar-refractivity contribution is 4.69. The van der Waals surface area contributed by atoms with E-state index in [2.05, 4.69) is 0 Å². The maximum atomic E-state index is 5.82. The predicted octanol–water partition coefficient (Wildman–Crippen LogP) is 1.39. The van der Waals surface area contributed by atoms with Crippen molar-refractivity contribution in [3.63, 3.8) is 0 Å². The van der Waals surface area contributed by atoms with Gasteiger partial charge in [0.15, 0.2) is 11.6 Å². The fourth-order valence-electron chi connectivity index (χ4n) is 2.63. The molecule has 0 aromatic rings. The van der Waals surface area contributed by atoms with Crippen LogP contribution in [0.25, 0.3) is 0 Å². The molecular weight excluding hydrogens is 326 g/mol. The molecule has 0 spiro atoms. The Kier molecular flexibility index (Phi) is 8.07. The molecule has 7 heteroatoms. The molecule has 0 saturated carbocycles. The summed E-state index contributed by atoms with van der Waals surface area (Å²) >= 11 is 0. The Labute approximate surface area is 151 Å². The zero-order chi connectivity index (χ0) is 18.3. The number of rotatable bonds is 9. The number of hydrogen-bond acceptors (Lipinski definition) is 7. The summed E-state index contributed by atoms with van der Waals surface area (Å²) in [7, 11) is 0. The molecule has 0 amide bonds. The first-order chi connectivity index (χ1) is 11.8. The van der Waals surface area contributed by atoms with E-state index in [4.69, 9.17) is 34.2 Å². The van der Waals surface area contributed by atoms with E-state index in [1.807, 2.05) is 27.7 Å². The second kappa shape index (κ2) is 9.60. The van der Waals surface area contributed by atoms with E-state index in [0.29, 0.717) is 59.4 Å². The molecule has 0 aliphatic carbocycles. The van der Waals surface area contributed by atoms with Gasteiger partial charge in [0.05, 0.1) is 52.9 Å². The first-order valence-electron chi connectivity index (χ1n) is 9.21. The van der Waals surface area contributed by atoms with E-state index >= 15 is 0 Å². The van der Waals surface area contributed by atoms with Crippen LogP contribution in [-0.2, 0) is 28.4 Å². The molecule has 2 fully saturated rings. The highest BCUT2D eigenvalue weighted by Gasteiger charge is 2.29. The fraction of sp³-hybridized carbons (Fsp3) is 1.00. The SMILES string of the molecule is CC1(C)OCC(COCC(CN)COCC2COC(C)(C)OC2)CO1. The van der Waals surface area contributed by atoms with Gasteiger partial charge in [-0.2, -0.15) is 0 Å². The summed E-state index contributed by atoms with van der Waals surface area (Å²) < 4.78 is 34.1. The van der Waals surface area contributed by atoms with E-state index in [1.165, 1.54) is 0 Å². The lowest BCUT2D eigenvalue weighted by atomic mass is 10.1. The third-order valence-electron chi connectivity index (χ3n) is 4.41. The molecule has 2 saturated heterocycles. The third-order valence-corrected chi connectivity index (χ3v) is 4.41. The van der Waals surface area contributed by atoms with Gasteiger partial charge in [0.25, 0.3) is 0 Å². The molecule has 0 aromatic carbocycles. The molecule has 0 atom stereocenters. The molecule has 148 valence electrons. The van der Waals surface area contributed by atoms with Crippen molar-refractivity contribution in [3.8, 4) is 0 Å². The van der Waals surface area contributed by atoms with Gasteiger partial charge in [0.1, 0.15) is 0 Å². The minimum absolute atomic E-state index is 0.184. The Morgan fingerprint density at radius 2 is 1.16 bits per heavy atom. The summed E-state index contributed by atoms with van der Waals surface area (Å²) in [5.41, 5.74) is 5.82. The molecule has 25 heavy (non-hydrogen) atoms. The van der Waals surface area contributed by atoms with Crippen molar-refractivity contribution in [1.29, 1.82) is 0 Å². The maximum Gasteiger partial charge on any atom is 0.162 e. The van der Waals surface area contributed by atoms with Gasteiger partial charge in [-0.15, -0.1) is 0 Å². The van der Waals surface area contributed by atoms with Crippen LogP contribution in [0.1, 0.15) is 27.7 Å². The van der Waals surface area contributed by atoms with Crippen LogP contribution in [0.2, 0.25) is 0 Å². The van der Waals surface area contributed by atoms with Gasteiger partial charge >= 0.3 is 0 Å². The molecule has 2 N–H and O–H groups in total. The number of nitrogens with two attached hydrogens (primary N) is 1. The molecule has 2 heterocycles. The first kappa shape index (κ1) is 21.0. The summed E-state index contributed by atoms with van der Waals surface area (Å²) in [5, 5.41) is 0. The maximum absolute atomic E-state index is 5.82. The average Bonchev–Trinajstić information content (AvgIpc) is 2.56. The molecule has 7 nitrogen and oxygen atoms in total. The molecule has 2 aliphatic heterocycles. The summed E-state index contributed by atoms with van der Waals surface area (Å²) in [5.74, 6) is -0.235. The van der Waals surface area contributed by atoms with Crippen LogP contribution in [0, 0.1) is 17.8 Å². The lowest BCUT2D eigenvalue weighted by Crippen LogP contribution is -2.41. The molecular formula is C18H35NO6. The van der Waals surface area contributed by atoms with Gasteiger partial charge in [-0.3, -0.25) is 0 Å². The molecule has 0 unspecified atom stereocenters. The van der Waals surface area contributed by atoms with E-state index in [9.17, 15) is 0 Å². The van der Waals surface area contributed by atoms with Crippen LogP contribution in [-0.4, -0.2) is 71.0 Å². The zero-order valence-corrected chi connectivity index (χ0v) is 16.1. The van der Waals surface area contributed by atoms with Gasteiger partial charge in [0.2, 0.25) is 0 Å². The summed E-state index contributed by atoms with van der Waals surface area (Å²) in [6, 6.07) is 0. The predicted molar refractivity (Wildman–Crippen MR) is 93.1 cm³/mol. The van der Waals surface area contributed by atoms with Crippen LogP contribution >= 0.6 is 0 Å². The second-order valence-corrected chi connectivity index (χ2v) is 7.95. The van der Waals surface area contributed by atoms with Crippen molar-refractivity contribution in [2.75, 3.05) is 59.4 Å². The Morgan fingerprint density at radius 1 is 0.800 bits per heavy atom. The fourth-order valence-corrected chi connectivity index (χ4v) is 2.63. The van der Waals surface area contributed by atoms with E-state index in [1.54, 1.807) is 0 Å². The van der Waals surface area contributed by atoms with Crippen LogP contribution in [0.5, 0.6) is 0 Å². The molecule has 2 rings (SSSR count). The summed E-state index contributed by atoms with van der Waals surface area (Å²) in [4.78, 5) is 0. The zero-order valence-electron chi connectivity index (χ0n) is 16.1. The van der Waals surface area contributed by atoms with Crippen molar-refractivity contribution in [2.45, 2.75) is 39.3 Å². The highest BCUT2D eigenvalue weighted by Crippen LogP contribution is 2.21. The van der Waals surface area contributed by atoms with Crippen molar-refractivity contribution < 1.29 is 28.4 Å². The lowest BCUT2D eigenvalue weighted by Gasteiger charge is -2.35. The van der Waals surface area contributed by atoms with Crippen LogP contribution in [0.4, 0.5) is 0 Å². The van der Waals surface area contributed by atoms with E-state index in [0.717, 1.165) is 0 Å². The largest absolute Gasteiger partial charge is 0.381 e. The lowest BCUT2D eigenvalue weighted by molar-refractivity contribution is -0.267. The first-order valence-corrected chi connectivity index (χ1v) is 9.21. The molecule has 0 bridgehead atoms. The monoisotopic (exact) mass is 361 g/mol. The van der Waals surface area contributed by atoms with Crippen molar-refractivity contribution in [1.82, 2.24) is 0 Å². The second-order valence-electron chi connectivity index (χ2n) is 7.95. The van der Waals surface area contributed by atoms with Gasteiger partial charge in [0, 0.05) is 17.8 Å². The van der Waals surface area contributed by atoms with Gasteiger partial charge in [-0.05, 0) is 34.2 Å². The van der Waals surface area contributed by atoms with Gasteiger partial charge in [-0.25, -0.2) is 0 Å². The van der Waals surface area contributed by atoms with Crippen molar-refractivity contribution >= 4 is 0 Å². The Balaban J connectivity index is 1.53. The van der Waals surface area contributed by atoms with Crippen LogP contribution in [0.15, 0.2) is 0 Å². The minimum atomic E-state index is -0.480. The molecule has 2 aliphatic rings. The summed E-state index contributed by atoms with van der Waals surface area (Å²) in [6.07, 6.45) is 0. The van der Waals surface area contributed by atoms with E-state index < -0.39 is 11.6 Å². The molecule has 0 aromatic heterocycles. The Hall–Kier alpha value is -0.280. The number of hydrogen-bond donors (Lipinski definition) is 1. The third kappa shape index (κ3) is 7.86. The Bertz CT molecular complexity index is 336. The summed E-state index contributed by atoms with van der Waals surface area (Å²) in [6.45, 7) is 13.3. The van der Waals surface area contributed by atoms with Gasteiger partial charge < -0.3 is 34.2 Å². The highest BCUT2D eigenvalue weighted by atomic mass is 16.7. The average molecular weight is 361 g/mol.